The van der Waals surface area contributed by atoms with Crippen molar-refractivity contribution in [1.29, 1.82) is 0 Å². The monoisotopic (exact) mass is 450 g/mol. The molecule has 0 atom stereocenters. The number of benzene rings is 1. The van der Waals surface area contributed by atoms with Gasteiger partial charge in [-0.2, -0.15) is 0 Å². The number of ether oxygens (including phenoxy) is 2. The Labute approximate surface area is 170 Å². The zero-order valence-corrected chi connectivity index (χ0v) is 16.8. The van der Waals surface area contributed by atoms with E-state index in [-0.39, 0.29) is 24.2 Å². The van der Waals surface area contributed by atoms with Crippen LogP contribution in [0.2, 0.25) is 0 Å². The van der Waals surface area contributed by atoms with Crippen molar-refractivity contribution in [2.24, 2.45) is 0 Å². The maximum Gasteiger partial charge on any atom is 0.513 e. The third-order valence-corrected chi connectivity index (χ3v) is 4.63. The number of hydrogen-bond donors (Lipinski definition) is 0. The molecule has 0 unspecified atom stereocenters. The molecule has 8 nitrogen and oxygen atoms in total. The Balaban J connectivity index is 1.54. The molecule has 148 valence electrons. The van der Waals surface area contributed by atoms with Crippen molar-refractivity contribution in [3.8, 4) is 5.75 Å². The Bertz CT molecular complexity index is 856. The quantitative estimate of drug-likeness (QED) is 0.524. The van der Waals surface area contributed by atoms with Gasteiger partial charge in [0.05, 0.1) is 6.61 Å². The minimum atomic E-state index is -0.786. The molecule has 2 amide bonds. The van der Waals surface area contributed by atoms with Gasteiger partial charge in [0.1, 0.15) is 5.75 Å². The molecule has 2 aromatic rings. The lowest BCUT2D eigenvalue weighted by atomic mass is 10.1. The van der Waals surface area contributed by atoms with Crippen LogP contribution in [0.5, 0.6) is 5.75 Å². The van der Waals surface area contributed by atoms with Gasteiger partial charge in [-0.1, -0.05) is 0 Å². The number of nitrogens with zero attached hydrogens (tertiary/aromatic N) is 2. The van der Waals surface area contributed by atoms with Gasteiger partial charge in [0.15, 0.2) is 10.4 Å². The highest BCUT2D eigenvalue weighted by Gasteiger charge is 2.27. The number of furan rings is 1. The maximum absolute atomic E-state index is 12.7. The van der Waals surface area contributed by atoms with Crippen molar-refractivity contribution >= 4 is 33.9 Å². The minimum absolute atomic E-state index is 0.143. The van der Waals surface area contributed by atoms with Crippen LogP contribution < -0.4 is 4.74 Å². The smallest absolute Gasteiger partial charge is 0.444 e. The second kappa shape index (κ2) is 8.92. The molecule has 1 aliphatic rings. The summed E-state index contributed by atoms with van der Waals surface area (Å²) in [4.78, 5) is 39.7. The first kappa shape index (κ1) is 19.9. The molecule has 0 bridgehead atoms. The largest absolute Gasteiger partial charge is 0.513 e. The highest BCUT2D eigenvalue weighted by atomic mass is 79.9. The number of rotatable bonds is 4. The average molecular weight is 451 g/mol. The molecule has 9 heteroatoms. The van der Waals surface area contributed by atoms with E-state index in [9.17, 15) is 14.4 Å². The number of hydrogen-bond acceptors (Lipinski definition) is 6. The molecule has 0 saturated carbocycles. The van der Waals surface area contributed by atoms with Gasteiger partial charge in [-0.3, -0.25) is 9.59 Å². The first-order valence-electron chi connectivity index (χ1n) is 8.76. The number of piperazine rings is 1. The molecule has 1 fully saturated rings. The predicted octanol–water partition coefficient (Wildman–Crippen LogP) is 3.18. The molecule has 3 rings (SSSR count). The van der Waals surface area contributed by atoms with Gasteiger partial charge >= 0.3 is 6.16 Å². The van der Waals surface area contributed by atoms with E-state index in [1.165, 1.54) is 0 Å². The fourth-order valence-corrected chi connectivity index (χ4v) is 3.10. The summed E-state index contributed by atoms with van der Waals surface area (Å²) in [7, 11) is 0. The maximum atomic E-state index is 12.7. The van der Waals surface area contributed by atoms with Gasteiger partial charge in [-0.15, -0.1) is 0 Å². The number of carbonyl (C=O) groups is 3. The first-order chi connectivity index (χ1) is 13.5. The molecule has 28 heavy (non-hydrogen) atoms. The molecule has 1 saturated heterocycles. The van der Waals surface area contributed by atoms with Crippen LogP contribution in [0, 0.1) is 0 Å². The number of carbonyl (C=O) groups excluding carboxylic acids is 3. The van der Waals surface area contributed by atoms with E-state index in [2.05, 4.69) is 15.9 Å². The molecule has 1 aliphatic heterocycles. The van der Waals surface area contributed by atoms with E-state index < -0.39 is 6.16 Å². The van der Waals surface area contributed by atoms with Crippen LogP contribution in [-0.2, 0) is 4.74 Å². The topological polar surface area (TPSA) is 89.3 Å². The number of amides is 2. The van der Waals surface area contributed by atoms with Crippen molar-refractivity contribution in [3.05, 3.63) is 52.4 Å². The molecular formula is C19H19BrN2O6. The Hall–Kier alpha value is -2.81. The third-order valence-electron chi connectivity index (χ3n) is 4.20. The fraction of sp³-hybridized carbons (Fsp3) is 0.316. The Morgan fingerprint density at radius 3 is 2.11 bits per heavy atom. The summed E-state index contributed by atoms with van der Waals surface area (Å²) in [5, 5.41) is 0. The van der Waals surface area contributed by atoms with Crippen LogP contribution in [0.15, 0.2) is 45.5 Å². The summed E-state index contributed by atoms with van der Waals surface area (Å²) < 4.78 is 15.5. The summed E-state index contributed by atoms with van der Waals surface area (Å²) in [6, 6.07) is 9.55. The van der Waals surface area contributed by atoms with Crippen LogP contribution in [0.25, 0.3) is 0 Å². The molecule has 0 radical (unpaired) electrons. The van der Waals surface area contributed by atoms with Crippen LogP contribution in [0.3, 0.4) is 0 Å². The van der Waals surface area contributed by atoms with Crippen LogP contribution in [-0.4, -0.2) is 60.6 Å². The lowest BCUT2D eigenvalue weighted by Gasteiger charge is -2.34. The summed E-state index contributed by atoms with van der Waals surface area (Å²) in [6.45, 7) is 3.60. The Morgan fingerprint density at radius 2 is 1.57 bits per heavy atom. The van der Waals surface area contributed by atoms with Crippen molar-refractivity contribution in [2.45, 2.75) is 6.92 Å². The van der Waals surface area contributed by atoms with E-state index in [1.54, 1.807) is 53.1 Å². The second-order valence-electron chi connectivity index (χ2n) is 6.00. The molecule has 0 spiro atoms. The van der Waals surface area contributed by atoms with Gasteiger partial charge < -0.3 is 23.7 Å². The SMILES string of the molecule is CCOC(=O)Oc1ccc(C(=O)N2CCN(C(=O)c3ccc(Br)o3)CC2)cc1. The summed E-state index contributed by atoms with van der Waals surface area (Å²) >= 11 is 3.18. The van der Waals surface area contributed by atoms with Gasteiger partial charge in [0, 0.05) is 31.7 Å². The average Bonchev–Trinajstić information content (AvgIpc) is 3.14. The standard InChI is InChI=1S/C19H19BrN2O6/c1-2-26-19(25)27-14-5-3-13(4-6-14)17(23)21-9-11-22(12-10-21)18(24)15-7-8-16(20)28-15/h3-8H,2,9-12H2,1H3. The predicted molar refractivity (Wildman–Crippen MR) is 102 cm³/mol. The molecule has 0 aliphatic carbocycles. The molecule has 2 heterocycles. The Kier molecular flexibility index (Phi) is 6.35. The molecular weight excluding hydrogens is 432 g/mol. The minimum Gasteiger partial charge on any atom is -0.444 e. The highest BCUT2D eigenvalue weighted by Crippen LogP contribution is 2.18. The van der Waals surface area contributed by atoms with Crippen molar-refractivity contribution in [2.75, 3.05) is 32.8 Å². The van der Waals surface area contributed by atoms with E-state index in [0.717, 1.165) is 0 Å². The van der Waals surface area contributed by atoms with E-state index in [1.807, 2.05) is 0 Å². The molecule has 0 N–H and O–H groups in total. The lowest BCUT2D eigenvalue weighted by Crippen LogP contribution is -2.50. The lowest BCUT2D eigenvalue weighted by molar-refractivity contribution is 0.0517. The van der Waals surface area contributed by atoms with Gasteiger partial charge in [0.25, 0.3) is 11.8 Å². The van der Waals surface area contributed by atoms with E-state index in [0.29, 0.717) is 42.2 Å². The van der Waals surface area contributed by atoms with Crippen molar-refractivity contribution < 1.29 is 28.3 Å². The van der Waals surface area contributed by atoms with Gasteiger partial charge in [0.2, 0.25) is 0 Å². The van der Waals surface area contributed by atoms with Gasteiger partial charge in [-0.25, -0.2) is 4.79 Å². The molecule has 1 aromatic heterocycles. The number of halogens is 1. The second-order valence-corrected chi connectivity index (χ2v) is 6.78. The van der Waals surface area contributed by atoms with Crippen LogP contribution >= 0.6 is 15.9 Å². The highest BCUT2D eigenvalue weighted by molar-refractivity contribution is 9.10. The van der Waals surface area contributed by atoms with Crippen LogP contribution in [0.1, 0.15) is 27.8 Å². The fourth-order valence-electron chi connectivity index (χ4n) is 2.79. The summed E-state index contributed by atoms with van der Waals surface area (Å²) in [5.41, 5.74) is 0.478. The first-order valence-corrected chi connectivity index (χ1v) is 9.55. The van der Waals surface area contributed by atoms with Crippen molar-refractivity contribution in [1.82, 2.24) is 9.80 Å². The van der Waals surface area contributed by atoms with Crippen molar-refractivity contribution in [3.63, 3.8) is 0 Å². The third kappa shape index (κ3) is 4.72. The summed E-state index contributed by atoms with van der Waals surface area (Å²) in [6.07, 6.45) is -0.786. The molecule has 1 aromatic carbocycles. The summed E-state index contributed by atoms with van der Waals surface area (Å²) in [5.74, 6) is 0.229. The van der Waals surface area contributed by atoms with Gasteiger partial charge in [-0.05, 0) is 59.3 Å². The van der Waals surface area contributed by atoms with E-state index in [4.69, 9.17) is 13.9 Å². The van der Waals surface area contributed by atoms with E-state index >= 15 is 0 Å². The van der Waals surface area contributed by atoms with Crippen LogP contribution in [0.4, 0.5) is 4.79 Å². The zero-order chi connectivity index (χ0) is 20.1. The normalized spacial score (nSPS) is 13.9. The Morgan fingerprint density at radius 1 is 0.964 bits per heavy atom. The zero-order valence-electron chi connectivity index (χ0n) is 15.2.